The van der Waals surface area contributed by atoms with E-state index in [2.05, 4.69) is 10.1 Å². The Balaban J connectivity index is 1.99. The first kappa shape index (κ1) is 18.0. The van der Waals surface area contributed by atoms with Crippen LogP contribution in [0.25, 0.3) is 5.82 Å². The molecular weight excluding hydrogens is 336 g/mol. The van der Waals surface area contributed by atoms with Gasteiger partial charge in [-0.1, -0.05) is 30.3 Å². The molecule has 2 heterocycles. The van der Waals surface area contributed by atoms with Crippen LogP contribution < -0.4 is 4.74 Å². The summed E-state index contributed by atoms with van der Waals surface area (Å²) in [6.45, 7) is 5.18. The molecule has 136 valence electrons. The zero-order chi connectivity index (χ0) is 18.7. The highest BCUT2D eigenvalue weighted by Crippen LogP contribution is 2.29. The second kappa shape index (κ2) is 7.23. The average Bonchev–Trinajstić information content (AvgIpc) is 2.92. The fraction of sp³-hybridized carbons (Fsp3) is 0.300. The van der Waals surface area contributed by atoms with Crippen LogP contribution in [0.1, 0.15) is 36.2 Å². The number of rotatable bonds is 6. The minimum Gasteiger partial charge on any atom is -0.477 e. The molecule has 0 fully saturated rings. The standard InChI is InChI=1S/C20H21F2N3O/c1-4-26-19-17(12-15-8-6-5-7-9-15)14(2)25(24-19)18-11-10-16(13-23-18)20(3,21)22/h5-11,13H,4,12H2,1-3H3. The van der Waals surface area contributed by atoms with Crippen molar-refractivity contribution in [2.75, 3.05) is 6.61 Å². The number of hydrogen-bond donors (Lipinski definition) is 0. The summed E-state index contributed by atoms with van der Waals surface area (Å²) in [6.07, 6.45) is 1.86. The first-order valence-electron chi connectivity index (χ1n) is 8.50. The van der Waals surface area contributed by atoms with Crippen molar-refractivity contribution in [3.05, 3.63) is 71.0 Å². The lowest BCUT2D eigenvalue weighted by Crippen LogP contribution is -2.09. The monoisotopic (exact) mass is 357 g/mol. The van der Waals surface area contributed by atoms with Crippen LogP contribution in [-0.4, -0.2) is 21.4 Å². The van der Waals surface area contributed by atoms with Gasteiger partial charge in [0.25, 0.3) is 5.92 Å². The molecule has 4 nitrogen and oxygen atoms in total. The van der Waals surface area contributed by atoms with Gasteiger partial charge in [-0.15, -0.1) is 5.10 Å². The number of alkyl halides is 2. The van der Waals surface area contributed by atoms with Crippen LogP contribution in [0.3, 0.4) is 0 Å². The fourth-order valence-corrected chi connectivity index (χ4v) is 2.76. The van der Waals surface area contributed by atoms with Gasteiger partial charge >= 0.3 is 0 Å². The lowest BCUT2D eigenvalue weighted by molar-refractivity contribution is 0.0171. The van der Waals surface area contributed by atoms with Gasteiger partial charge in [0.1, 0.15) is 0 Å². The van der Waals surface area contributed by atoms with Crippen LogP contribution in [-0.2, 0) is 12.3 Å². The van der Waals surface area contributed by atoms with E-state index in [9.17, 15) is 8.78 Å². The maximum Gasteiger partial charge on any atom is 0.272 e. The molecule has 26 heavy (non-hydrogen) atoms. The Labute approximate surface area is 151 Å². The summed E-state index contributed by atoms with van der Waals surface area (Å²) in [5, 5.41) is 4.50. The summed E-state index contributed by atoms with van der Waals surface area (Å²) in [6, 6.07) is 13.0. The predicted molar refractivity (Wildman–Crippen MR) is 96.1 cm³/mol. The van der Waals surface area contributed by atoms with Crippen LogP contribution in [0.5, 0.6) is 5.88 Å². The van der Waals surface area contributed by atoms with Crippen molar-refractivity contribution in [1.29, 1.82) is 0 Å². The third-order valence-electron chi connectivity index (χ3n) is 4.18. The molecule has 0 radical (unpaired) electrons. The van der Waals surface area contributed by atoms with Gasteiger partial charge in [-0.05, 0) is 31.5 Å². The minimum absolute atomic E-state index is 0.124. The Morgan fingerprint density at radius 1 is 1.12 bits per heavy atom. The molecule has 0 unspecified atom stereocenters. The van der Waals surface area contributed by atoms with Crippen molar-refractivity contribution in [3.8, 4) is 11.7 Å². The molecule has 0 amide bonds. The third kappa shape index (κ3) is 3.74. The van der Waals surface area contributed by atoms with Crippen LogP contribution in [0, 0.1) is 6.92 Å². The van der Waals surface area contributed by atoms with Crippen LogP contribution in [0.2, 0.25) is 0 Å². The Morgan fingerprint density at radius 2 is 1.85 bits per heavy atom. The van der Waals surface area contributed by atoms with E-state index in [1.165, 1.54) is 12.3 Å². The minimum atomic E-state index is -2.92. The largest absolute Gasteiger partial charge is 0.477 e. The summed E-state index contributed by atoms with van der Waals surface area (Å²) in [5.74, 6) is -1.89. The third-order valence-corrected chi connectivity index (χ3v) is 4.18. The molecule has 0 spiro atoms. The summed E-state index contributed by atoms with van der Waals surface area (Å²) >= 11 is 0. The second-order valence-corrected chi connectivity index (χ2v) is 6.17. The number of benzene rings is 1. The van der Waals surface area contributed by atoms with E-state index >= 15 is 0 Å². The van der Waals surface area contributed by atoms with Crippen LogP contribution in [0.15, 0.2) is 48.7 Å². The maximum absolute atomic E-state index is 13.4. The molecule has 0 aliphatic carbocycles. The lowest BCUT2D eigenvalue weighted by atomic mass is 10.1. The highest BCUT2D eigenvalue weighted by Gasteiger charge is 2.25. The van der Waals surface area contributed by atoms with Gasteiger partial charge in [-0.25, -0.2) is 18.4 Å². The maximum atomic E-state index is 13.4. The molecule has 3 aromatic rings. The number of pyridine rings is 1. The average molecular weight is 357 g/mol. The van der Waals surface area contributed by atoms with Gasteiger partial charge in [0, 0.05) is 30.7 Å². The van der Waals surface area contributed by atoms with Crippen molar-refractivity contribution in [2.24, 2.45) is 0 Å². The summed E-state index contributed by atoms with van der Waals surface area (Å²) < 4.78 is 34.1. The Hall–Kier alpha value is -2.76. The normalized spacial score (nSPS) is 11.6. The number of nitrogens with zero attached hydrogens (tertiary/aromatic N) is 3. The zero-order valence-electron chi connectivity index (χ0n) is 15.0. The molecule has 0 atom stereocenters. The Bertz CT molecular complexity index is 869. The van der Waals surface area contributed by atoms with E-state index in [0.717, 1.165) is 23.7 Å². The van der Waals surface area contributed by atoms with Crippen molar-refractivity contribution in [2.45, 2.75) is 33.1 Å². The molecule has 1 aromatic carbocycles. The molecule has 0 N–H and O–H groups in total. The molecule has 6 heteroatoms. The van der Waals surface area contributed by atoms with E-state index in [0.29, 0.717) is 24.7 Å². The number of aromatic nitrogens is 3. The molecule has 0 saturated heterocycles. The van der Waals surface area contributed by atoms with E-state index < -0.39 is 5.92 Å². The first-order chi connectivity index (χ1) is 12.4. The van der Waals surface area contributed by atoms with Crippen molar-refractivity contribution in [1.82, 2.24) is 14.8 Å². The molecule has 0 aliphatic heterocycles. The van der Waals surface area contributed by atoms with E-state index in [-0.39, 0.29) is 5.56 Å². The van der Waals surface area contributed by atoms with Gasteiger partial charge in [0.2, 0.25) is 5.88 Å². The summed E-state index contributed by atoms with van der Waals surface area (Å²) in [7, 11) is 0. The SMILES string of the molecule is CCOc1nn(-c2ccc(C(C)(F)F)cn2)c(C)c1Cc1ccccc1. The van der Waals surface area contributed by atoms with Crippen LogP contribution >= 0.6 is 0 Å². The van der Waals surface area contributed by atoms with Crippen molar-refractivity contribution >= 4 is 0 Å². The van der Waals surface area contributed by atoms with Crippen molar-refractivity contribution < 1.29 is 13.5 Å². The fourth-order valence-electron chi connectivity index (χ4n) is 2.76. The Kier molecular flexibility index (Phi) is 5.02. The molecule has 0 saturated carbocycles. The quantitative estimate of drug-likeness (QED) is 0.643. The zero-order valence-corrected chi connectivity index (χ0v) is 15.0. The lowest BCUT2D eigenvalue weighted by Gasteiger charge is -2.10. The predicted octanol–water partition coefficient (Wildman–Crippen LogP) is 4.68. The molecule has 3 rings (SSSR count). The number of halogens is 2. The van der Waals surface area contributed by atoms with Gasteiger partial charge in [-0.2, -0.15) is 0 Å². The van der Waals surface area contributed by atoms with Crippen LogP contribution in [0.4, 0.5) is 8.78 Å². The summed E-state index contributed by atoms with van der Waals surface area (Å²) in [4.78, 5) is 4.16. The van der Waals surface area contributed by atoms with Gasteiger partial charge in [0.05, 0.1) is 12.3 Å². The van der Waals surface area contributed by atoms with E-state index in [1.807, 2.05) is 44.2 Å². The molecular formula is C20H21F2N3O. The Morgan fingerprint density at radius 3 is 2.42 bits per heavy atom. The summed E-state index contributed by atoms with van der Waals surface area (Å²) in [5.41, 5.74) is 2.86. The number of hydrogen-bond acceptors (Lipinski definition) is 3. The van der Waals surface area contributed by atoms with Gasteiger partial charge < -0.3 is 4.74 Å². The molecule has 2 aromatic heterocycles. The highest BCUT2D eigenvalue weighted by atomic mass is 19.3. The van der Waals surface area contributed by atoms with E-state index in [1.54, 1.807) is 10.7 Å². The van der Waals surface area contributed by atoms with Gasteiger partial charge in [-0.3, -0.25) is 0 Å². The molecule has 0 bridgehead atoms. The number of ether oxygens (including phenoxy) is 1. The highest BCUT2D eigenvalue weighted by molar-refractivity contribution is 5.40. The van der Waals surface area contributed by atoms with E-state index in [4.69, 9.17) is 4.74 Å². The van der Waals surface area contributed by atoms with Gasteiger partial charge in [0.15, 0.2) is 5.82 Å². The topological polar surface area (TPSA) is 39.9 Å². The molecule has 0 aliphatic rings. The first-order valence-corrected chi connectivity index (χ1v) is 8.50. The smallest absolute Gasteiger partial charge is 0.272 e. The van der Waals surface area contributed by atoms with Crippen molar-refractivity contribution in [3.63, 3.8) is 0 Å². The second-order valence-electron chi connectivity index (χ2n) is 6.17.